The Hall–Kier alpha value is -2.06. The molecule has 1 aromatic heterocycles. The summed E-state index contributed by atoms with van der Waals surface area (Å²) in [7, 11) is 1.71. The van der Waals surface area contributed by atoms with Gasteiger partial charge in [-0.3, -0.25) is 4.99 Å². The molecule has 0 radical (unpaired) electrons. The van der Waals surface area contributed by atoms with Gasteiger partial charge in [0, 0.05) is 18.5 Å². The van der Waals surface area contributed by atoms with Crippen molar-refractivity contribution < 1.29 is 17.9 Å². The molecule has 0 unspecified atom stereocenters. The van der Waals surface area contributed by atoms with Gasteiger partial charge in [-0.05, 0) is 35.1 Å². The van der Waals surface area contributed by atoms with E-state index >= 15 is 0 Å². The highest BCUT2D eigenvalue weighted by atomic mass is 32.1. The van der Waals surface area contributed by atoms with Gasteiger partial charge in [-0.1, -0.05) is 24.3 Å². The number of nitrogens with zero attached hydrogens (tertiary/aromatic N) is 1. The lowest BCUT2D eigenvalue weighted by atomic mass is 10.1. The summed E-state index contributed by atoms with van der Waals surface area (Å²) in [4.78, 5) is 5.45. The van der Waals surface area contributed by atoms with Crippen LogP contribution in [0.4, 0.5) is 13.2 Å². The van der Waals surface area contributed by atoms with Crippen molar-refractivity contribution >= 4 is 17.3 Å². The van der Waals surface area contributed by atoms with Gasteiger partial charge in [-0.15, -0.1) is 11.3 Å². The summed E-state index contributed by atoms with van der Waals surface area (Å²) >= 11 is 1.70. The van der Waals surface area contributed by atoms with Crippen LogP contribution in [-0.2, 0) is 24.4 Å². The number of thiophene rings is 1. The fourth-order valence-corrected chi connectivity index (χ4v) is 3.04. The molecule has 1 aromatic carbocycles. The molecule has 0 aliphatic heterocycles. The molecular formula is C18H22F3N3OS. The Bertz CT molecular complexity index is 711. The van der Waals surface area contributed by atoms with E-state index in [0.29, 0.717) is 24.6 Å². The molecule has 0 atom stereocenters. The molecule has 2 rings (SSSR count). The number of aryl methyl sites for hydroxylation is 1. The molecule has 0 aliphatic rings. The fourth-order valence-electron chi connectivity index (χ4n) is 2.19. The maximum absolute atomic E-state index is 12.1. The van der Waals surface area contributed by atoms with E-state index in [0.717, 1.165) is 5.56 Å². The number of guanidine groups is 1. The number of alkyl halides is 3. The number of aliphatic imine (C=N–C) groups is 1. The second kappa shape index (κ2) is 9.59. The van der Waals surface area contributed by atoms with Crippen molar-refractivity contribution in [1.82, 2.24) is 10.6 Å². The number of hydrogen-bond acceptors (Lipinski definition) is 3. The first kappa shape index (κ1) is 20.3. The summed E-state index contributed by atoms with van der Waals surface area (Å²) in [6.07, 6.45) is -4.30. The SMILES string of the molecule is CN=C(NCc1ccc(COCC(F)(F)F)cc1)NCc1sccc1C. The zero-order valence-electron chi connectivity index (χ0n) is 14.7. The molecule has 2 N–H and O–H groups in total. The number of nitrogens with one attached hydrogen (secondary N) is 2. The van der Waals surface area contributed by atoms with Crippen LogP contribution in [0, 0.1) is 6.92 Å². The van der Waals surface area contributed by atoms with Crippen molar-refractivity contribution in [2.45, 2.75) is 32.8 Å². The van der Waals surface area contributed by atoms with Crippen LogP contribution in [-0.4, -0.2) is 25.8 Å². The molecule has 142 valence electrons. The Morgan fingerprint density at radius 3 is 2.31 bits per heavy atom. The smallest absolute Gasteiger partial charge is 0.367 e. The third kappa shape index (κ3) is 7.05. The van der Waals surface area contributed by atoms with E-state index in [1.165, 1.54) is 10.4 Å². The van der Waals surface area contributed by atoms with E-state index < -0.39 is 12.8 Å². The molecule has 0 aliphatic carbocycles. The van der Waals surface area contributed by atoms with Crippen LogP contribution in [0.1, 0.15) is 21.6 Å². The number of rotatable bonds is 7. The van der Waals surface area contributed by atoms with Crippen LogP contribution < -0.4 is 10.6 Å². The van der Waals surface area contributed by atoms with Crippen molar-refractivity contribution in [2.24, 2.45) is 4.99 Å². The lowest BCUT2D eigenvalue weighted by molar-refractivity contribution is -0.176. The highest BCUT2D eigenvalue weighted by molar-refractivity contribution is 7.10. The first-order valence-corrected chi connectivity index (χ1v) is 8.95. The number of halogens is 3. The first-order valence-electron chi connectivity index (χ1n) is 8.07. The molecule has 0 spiro atoms. The molecule has 0 fully saturated rings. The molecule has 0 amide bonds. The van der Waals surface area contributed by atoms with Gasteiger partial charge in [0.15, 0.2) is 5.96 Å². The Morgan fingerprint density at radius 1 is 1.08 bits per heavy atom. The number of ether oxygens (including phenoxy) is 1. The van der Waals surface area contributed by atoms with Gasteiger partial charge in [0.05, 0.1) is 13.2 Å². The van der Waals surface area contributed by atoms with Crippen molar-refractivity contribution in [3.05, 3.63) is 57.3 Å². The van der Waals surface area contributed by atoms with Gasteiger partial charge in [-0.25, -0.2) is 0 Å². The zero-order chi connectivity index (χ0) is 19.0. The maximum Gasteiger partial charge on any atom is 0.411 e. The average Bonchev–Trinajstić information content (AvgIpc) is 3.00. The van der Waals surface area contributed by atoms with Gasteiger partial charge in [-0.2, -0.15) is 13.2 Å². The molecule has 4 nitrogen and oxygen atoms in total. The van der Waals surface area contributed by atoms with E-state index in [-0.39, 0.29) is 6.61 Å². The molecule has 2 aromatic rings. The van der Waals surface area contributed by atoms with Gasteiger partial charge in [0.25, 0.3) is 0 Å². The van der Waals surface area contributed by atoms with Gasteiger partial charge >= 0.3 is 6.18 Å². The molecular weight excluding hydrogens is 363 g/mol. The standard InChI is InChI=1S/C18H22F3N3OS/c1-13-7-8-26-16(13)10-24-17(22-2)23-9-14-3-5-15(6-4-14)11-25-12-18(19,20)21/h3-8H,9-12H2,1-2H3,(H2,22,23,24). The molecule has 0 bridgehead atoms. The van der Waals surface area contributed by atoms with E-state index in [9.17, 15) is 13.2 Å². The van der Waals surface area contributed by atoms with E-state index in [1.54, 1.807) is 30.5 Å². The predicted octanol–water partition coefficient (Wildman–Crippen LogP) is 4.00. The third-order valence-corrected chi connectivity index (χ3v) is 4.65. The Labute approximate surface area is 155 Å². The minimum Gasteiger partial charge on any atom is -0.367 e. The first-order chi connectivity index (χ1) is 12.4. The zero-order valence-corrected chi connectivity index (χ0v) is 15.5. The highest BCUT2D eigenvalue weighted by Crippen LogP contribution is 2.16. The number of benzene rings is 1. The van der Waals surface area contributed by atoms with E-state index in [4.69, 9.17) is 0 Å². The highest BCUT2D eigenvalue weighted by Gasteiger charge is 2.27. The summed E-state index contributed by atoms with van der Waals surface area (Å²) in [6, 6.07) is 9.32. The van der Waals surface area contributed by atoms with Crippen molar-refractivity contribution in [1.29, 1.82) is 0 Å². The quantitative estimate of drug-likeness (QED) is 0.559. The topological polar surface area (TPSA) is 45.7 Å². The lowest BCUT2D eigenvalue weighted by Gasteiger charge is -2.12. The minimum atomic E-state index is -4.30. The molecule has 8 heteroatoms. The van der Waals surface area contributed by atoms with E-state index in [2.05, 4.69) is 38.7 Å². The monoisotopic (exact) mass is 385 g/mol. The van der Waals surface area contributed by atoms with Crippen LogP contribution in [0.3, 0.4) is 0 Å². The van der Waals surface area contributed by atoms with E-state index in [1.807, 2.05) is 12.1 Å². The second-order valence-electron chi connectivity index (χ2n) is 5.73. The van der Waals surface area contributed by atoms with Crippen LogP contribution in [0.2, 0.25) is 0 Å². The van der Waals surface area contributed by atoms with Crippen molar-refractivity contribution in [2.75, 3.05) is 13.7 Å². The van der Waals surface area contributed by atoms with Crippen LogP contribution in [0.15, 0.2) is 40.7 Å². The minimum absolute atomic E-state index is 0.0589. The number of hydrogen-bond donors (Lipinski definition) is 2. The molecule has 1 heterocycles. The molecule has 0 saturated carbocycles. The van der Waals surface area contributed by atoms with Crippen LogP contribution in [0.25, 0.3) is 0 Å². The molecule has 0 saturated heterocycles. The summed E-state index contributed by atoms with van der Waals surface area (Å²) in [5.41, 5.74) is 2.95. The Kier molecular flexibility index (Phi) is 7.47. The summed E-state index contributed by atoms with van der Waals surface area (Å²) in [5, 5.41) is 8.53. The van der Waals surface area contributed by atoms with Crippen molar-refractivity contribution in [3.63, 3.8) is 0 Å². The fraction of sp³-hybridized carbons (Fsp3) is 0.389. The van der Waals surface area contributed by atoms with Gasteiger partial charge in [0.1, 0.15) is 6.61 Å². The van der Waals surface area contributed by atoms with Gasteiger partial charge in [0.2, 0.25) is 0 Å². The Balaban J connectivity index is 1.76. The normalized spacial score (nSPS) is 12.3. The average molecular weight is 385 g/mol. The largest absolute Gasteiger partial charge is 0.411 e. The summed E-state index contributed by atoms with van der Waals surface area (Å²) in [5.74, 6) is 0.690. The second-order valence-corrected chi connectivity index (χ2v) is 6.73. The summed E-state index contributed by atoms with van der Waals surface area (Å²) < 4.78 is 40.8. The molecule has 26 heavy (non-hydrogen) atoms. The van der Waals surface area contributed by atoms with Crippen LogP contribution in [0.5, 0.6) is 0 Å². The lowest BCUT2D eigenvalue weighted by Crippen LogP contribution is -2.36. The van der Waals surface area contributed by atoms with Crippen LogP contribution >= 0.6 is 11.3 Å². The third-order valence-electron chi connectivity index (χ3n) is 3.63. The predicted molar refractivity (Wildman–Crippen MR) is 98.2 cm³/mol. The Morgan fingerprint density at radius 2 is 1.73 bits per heavy atom. The van der Waals surface area contributed by atoms with Crippen molar-refractivity contribution in [3.8, 4) is 0 Å². The maximum atomic E-state index is 12.1. The van der Waals surface area contributed by atoms with Gasteiger partial charge < -0.3 is 15.4 Å². The summed E-state index contributed by atoms with van der Waals surface area (Å²) in [6.45, 7) is 2.05.